The zero-order valence-corrected chi connectivity index (χ0v) is 17.2. The van der Waals surface area contributed by atoms with E-state index in [1.54, 1.807) is 7.11 Å². The second-order valence-electron chi connectivity index (χ2n) is 7.56. The molecule has 148 valence electrons. The molecule has 0 amide bonds. The highest BCUT2D eigenvalue weighted by Crippen LogP contribution is 2.38. The monoisotopic (exact) mass is 396 g/mol. The molecule has 2 aromatic rings. The van der Waals surface area contributed by atoms with Gasteiger partial charge in [-0.2, -0.15) is 0 Å². The predicted molar refractivity (Wildman–Crippen MR) is 116 cm³/mol. The number of methoxy groups -OCH3 is 1. The summed E-state index contributed by atoms with van der Waals surface area (Å²) in [6, 6.07) is 12.9. The zero-order chi connectivity index (χ0) is 19.3. The number of rotatable bonds is 7. The molecule has 4 rings (SSSR count). The number of benzene rings is 2. The molecule has 2 aliphatic rings. The number of nitrogens with one attached hydrogen (secondary N) is 2. The van der Waals surface area contributed by atoms with E-state index >= 15 is 0 Å². The quantitative estimate of drug-likeness (QED) is 0.680. The minimum atomic E-state index is 0.184. The summed E-state index contributed by atoms with van der Waals surface area (Å²) in [5.41, 5.74) is 5.30. The maximum Gasteiger partial charge on any atom is 0.212 e. The van der Waals surface area contributed by atoms with Crippen LogP contribution in [0.2, 0.25) is 0 Å². The Morgan fingerprint density at radius 1 is 1.25 bits per heavy atom. The third kappa shape index (κ3) is 4.36. The SMILES string of the molecule is COc1cccc2c1CCCC2CCNCCc1ccc2c(c1)NCC(=O)S2. The van der Waals surface area contributed by atoms with Gasteiger partial charge in [-0.25, -0.2) is 0 Å². The van der Waals surface area contributed by atoms with E-state index in [4.69, 9.17) is 4.74 Å². The largest absolute Gasteiger partial charge is 0.496 e. The predicted octanol–water partition coefficient (Wildman–Crippen LogP) is 4.38. The Hall–Kier alpha value is -1.98. The highest BCUT2D eigenvalue weighted by molar-refractivity contribution is 8.14. The third-order valence-electron chi connectivity index (χ3n) is 5.76. The fourth-order valence-corrected chi connectivity index (χ4v) is 5.09. The van der Waals surface area contributed by atoms with Gasteiger partial charge in [-0.1, -0.05) is 18.2 Å². The molecule has 2 aromatic carbocycles. The molecule has 1 heterocycles. The Morgan fingerprint density at radius 2 is 2.18 bits per heavy atom. The molecule has 0 bridgehead atoms. The molecule has 1 atom stereocenters. The van der Waals surface area contributed by atoms with E-state index in [2.05, 4.69) is 47.0 Å². The average molecular weight is 397 g/mol. The molecule has 2 N–H and O–H groups in total. The fourth-order valence-electron chi connectivity index (χ4n) is 4.32. The second-order valence-corrected chi connectivity index (χ2v) is 8.66. The molecule has 1 aliphatic carbocycles. The van der Waals surface area contributed by atoms with Crippen LogP contribution in [0, 0.1) is 0 Å². The summed E-state index contributed by atoms with van der Waals surface area (Å²) in [7, 11) is 1.77. The number of thioether (sulfide) groups is 1. The molecule has 1 aliphatic heterocycles. The van der Waals surface area contributed by atoms with Crippen LogP contribution in [-0.2, 0) is 17.6 Å². The first-order valence-electron chi connectivity index (χ1n) is 10.2. The maximum absolute atomic E-state index is 11.5. The lowest BCUT2D eigenvalue weighted by molar-refractivity contribution is -0.109. The number of ether oxygens (including phenoxy) is 1. The molecule has 0 saturated carbocycles. The number of carbonyl (C=O) groups excluding carboxylic acids is 1. The Morgan fingerprint density at radius 3 is 3.07 bits per heavy atom. The van der Waals surface area contributed by atoms with E-state index in [0.29, 0.717) is 12.5 Å². The lowest BCUT2D eigenvalue weighted by atomic mass is 9.80. The minimum Gasteiger partial charge on any atom is -0.496 e. The molecule has 0 radical (unpaired) electrons. The number of fused-ring (bicyclic) bond motifs is 2. The summed E-state index contributed by atoms with van der Waals surface area (Å²) in [5, 5.41) is 7.02. The Balaban J connectivity index is 1.26. The molecule has 5 heteroatoms. The summed E-state index contributed by atoms with van der Waals surface area (Å²) in [6.07, 6.45) is 5.84. The van der Waals surface area contributed by atoms with Gasteiger partial charge in [0.25, 0.3) is 0 Å². The van der Waals surface area contributed by atoms with E-state index in [1.807, 2.05) is 0 Å². The Bertz CT molecular complexity index is 852. The summed E-state index contributed by atoms with van der Waals surface area (Å²) in [6.45, 7) is 2.43. The van der Waals surface area contributed by atoms with E-state index in [9.17, 15) is 4.79 Å². The smallest absolute Gasteiger partial charge is 0.212 e. The third-order valence-corrected chi connectivity index (χ3v) is 6.71. The molecule has 28 heavy (non-hydrogen) atoms. The van der Waals surface area contributed by atoms with Crippen molar-refractivity contribution in [2.24, 2.45) is 0 Å². The molecule has 1 unspecified atom stereocenters. The van der Waals surface area contributed by atoms with Gasteiger partial charge < -0.3 is 15.4 Å². The molecular weight excluding hydrogens is 368 g/mol. The number of hydrogen-bond acceptors (Lipinski definition) is 5. The lowest BCUT2D eigenvalue weighted by Gasteiger charge is -2.27. The Kier molecular flexibility index (Phi) is 6.23. The van der Waals surface area contributed by atoms with Gasteiger partial charge in [0.15, 0.2) is 0 Å². The standard InChI is InChI=1S/C23H28N2O2S/c1-27-21-7-3-5-18-17(4-2-6-19(18)21)11-13-24-12-10-16-8-9-22-20(14-16)25-15-23(26)28-22/h3,5,7-9,14,17,24-25H,2,4,6,10-13,15H2,1H3. The Labute approximate surface area is 171 Å². The summed E-state index contributed by atoms with van der Waals surface area (Å²) in [4.78, 5) is 12.5. The van der Waals surface area contributed by atoms with Crippen LogP contribution in [-0.4, -0.2) is 31.9 Å². The number of hydrogen-bond donors (Lipinski definition) is 2. The van der Waals surface area contributed by atoms with Crippen LogP contribution in [0.1, 0.15) is 41.9 Å². The van der Waals surface area contributed by atoms with Crippen LogP contribution in [0.15, 0.2) is 41.3 Å². The minimum absolute atomic E-state index is 0.184. The van der Waals surface area contributed by atoms with Gasteiger partial charge in [-0.15, -0.1) is 0 Å². The lowest BCUT2D eigenvalue weighted by Crippen LogP contribution is -2.22. The van der Waals surface area contributed by atoms with Gasteiger partial charge in [0.1, 0.15) is 5.75 Å². The molecule has 0 aromatic heterocycles. The average Bonchev–Trinajstić information content (AvgIpc) is 2.73. The van der Waals surface area contributed by atoms with Crippen molar-refractivity contribution in [3.63, 3.8) is 0 Å². The van der Waals surface area contributed by atoms with Crippen LogP contribution in [0.3, 0.4) is 0 Å². The van der Waals surface area contributed by atoms with Gasteiger partial charge in [0.2, 0.25) is 5.12 Å². The van der Waals surface area contributed by atoms with Crippen molar-refractivity contribution in [1.82, 2.24) is 5.32 Å². The molecule has 4 nitrogen and oxygen atoms in total. The summed E-state index contributed by atoms with van der Waals surface area (Å²) < 4.78 is 5.56. The van der Waals surface area contributed by atoms with Crippen molar-refractivity contribution in [2.45, 2.75) is 42.9 Å². The van der Waals surface area contributed by atoms with E-state index in [1.165, 1.54) is 47.7 Å². The fraction of sp³-hybridized carbons (Fsp3) is 0.435. The highest BCUT2D eigenvalue weighted by atomic mass is 32.2. The summed E-state index contributed by atoms with van der Waals surface area (Å²) >= 11 is 1.34. The normalized spacial score (nSPS) is 18.2. The van der Waals surface area contributed by atoms with Crippen molar-refractivity contribution in [2.75, 3.05) is 32.1 Å². The van der Waals surface area contributed by atoms with Crippen molar-refractivity contribution >= 4 is 22.6 Å². The van der Waals surface area contributed by atoms with Crippen molar-refractivity contribution in [3.05, 3.63) is 53.1 Å². The second kappa shape index (κ2) is 9.01. The molecule has 0 spiro atoms. The van der Waals surface area contributed by atoms with Crippen LogP contribution in [0.4, 0.5) is 5.69 Å². The van der Waals surface area contributed by atoms with Crippen molar-refractivity contribution < 1.29 is 9.53 Å². The van der Waals surface area contributed by atoms with E-state index in [0.717, 1.165) is 42.3 Å². The first-order valence-corrected chi connectivity index (χ1v) is 11.0. The number of carbonyl (C=O) groups is 1. The topological polar surface area (TPSA) is 50.4 Å². The maximum atomic E-state index is 11.5. The number of anilines is 1. The van der Waals surface area contributed by atoms with Crippen LogP contribution < -0.4 is 15.4 Å². The van der Waals surface area contributed by atoms with Gasteiger partial charge in [-0.3, -0.25) is 4.79 Å². The zero-order valence-electron chi connectivity index (χ0n) is 16.4. The van der Waals surface area contributed by atoms with E-state index in [-0.39, 0.29) is 5.12 Å². The highest BCUT2D eigenvalue weighted by Gasteiger charge is 2.22. The van der Waals surface area contributed by atoms with Crippen molar-refractivity contribution in [1.29, 1.82) is 0 Å². The molecular formula is C23H28N2O2S. The first kappa shape index (κ1) is 19.3. The summed E-state index contributed by atoms with van der Waals surface area (Å²) in [5.74, 6) is 1.69. The molecule has 0 fully saturated rings. The van der Waals surface area contributed by atoms with E-state index < -0.39 is 0 Å². The van der Waals surface area contributed by atoms with Crippen LogP contribution in [0.25, 0.3) is 0 Å². The van der Waals surface area contributed by atoms with Gasteiger partial charge in [-0.05, 0) is 97.8 Å². The first-order chi connectivity index (χ1) is 13.7. The van der Waals surface area contributed by atoms with Crippen LogP contribution in [0.5, 0.6) is 5.75 Å². The van der Waals surface area contributed by atoms with Crippen molar-refractivity contribution in [3.8, 4) is 5.75 Å². The van der Waals surface area contributed by atoms with Gasteiger partial charge >= 0.3 is 0 Å². The van der Waals surface area contributed by atoms with Crippen LogP contribution >= 0.6 is 11.8 Å². The molecule has 0 saturated heterocycles. The van der Waals surface area contributed by atoms with Gasteiger partial charge in [0.05, 0.1) is 13.7 Å². The van der Waals surface area contributed by atoms with Gasteiger partial charge in [0, 0.05) is 10.6 Å².